The van der Waals surface area contributed by atoms with Gasteiger partial charge in [-0.25, -0.2) is 9.97 Å². The fourth-order valence-electron chi connectivity index (χ4n) is 1.16. The van der Waals surface area contributed by atoms with E-state index in [2.05, 4.69) is 25.9 Å². The van der Waals surface area contributed by atoms with Gasteiger partial charge in [0.1, 0.15) is 0 Å². The minimum atomic E-state index is -0.120. The first-order chi connectivity index (χ1) is 8.60. The van der Waals surface area contributed by atoms with Crippen LogP contribution in [0.4, 0.5) is 0 Å². The van der Waals surface area contributed by atoms with E-state index in [9.17, 15) is 0 Å². The Labute approximate surface area is 122 Å². The number of ether oxygens (including phenoxy) is 1. The minimum Gasteiger partial charge on any atom is -0.423 e. The molecule has 1 heterocycles. The lowest BCUT2D eigenvalue weighted by atomic mass is 10.3. The van der Waals surface area contributed by atoms with Crippen molar-refractivity contribution in [1.82, 2.24) is 9.97 Å². The lowest BCUT2D eigenvalue weighted by molar-refractivity contribution is 0.280. The summed E-state index contributed by atoms with van der Waals surface area (Å²) >= 11 is 15.2. The highest BCUT2D eigenvalue weighted by molar-refractivity contribution is 9.10. The number of aliphatic hydroxyl groups excluding tert-OH is 1. The topological polar surface area (TPSA) is 55.2 Å². The molecule has 0 aliphatic carbocycles. The number of nitrogens with zero attached hydrogens (tertiary/aromatic N) is 2. The van der Waals surface area contributed by atoms with Crippen LogP contribution in [0.5, 0.6) is 11.8 Å². The normalized spacial score (nSPS) is 10.4. The van der Waals surface area contributed by atoms with Crippen LogP contribution >= 0.6 is 39.1 Å². The van der Waals surface area contributed by atoms with Gasteiger partial charge >= 0.3 is 6.01 Å². The van der Waals surface area contributed by atoms with E-state index in [4.69, 9.17) is 33.0 Å². The van der Waals surface area contributed by atoms with Gasteiger partial charge in [-0.3, -0.25) is 0 Å². The highest BCUT2D eigenvalue weighted by Crippen LogP contribution is 2.35. The van der Waals surface area contributed by atoms with E-state index in [-0.39, 0.29) is 12.6 Å². The Kier molecular flexibility index (Phi) is 4.40. The van der Waals surface area contributed by atoms with Crippen LogP contribution in [-0.4, -0.2) is 15.1 Å². The third-order valence-electron chi connectivity index (χ3n) is 2.04. The summed E-state index contributed by atoms with van der Waals surface area (Å²) in [5, 5.41) is 9.73. The van der Waals surface area contributed by atoms with E-state index < -0.39 is 0 Å². The standard InChI is InChI=1S/C11H7BrCl2N2O2/c12-7-1-9(14)10(2-8(7)13)18-11-15-3-6(5-17)4-16-11/h1-4,17H,5H2. The van der Waals surface area contributed by atoms with Gasteiger partial charge in [0, 0.05) is 28.5 Å². The molecule has 0 radical (unpaired) electrons. The second kappa shape index (κ2) is 5.84. The molecule has 0 atom stereocenters. The van der Waals surface area contributed by atoms with Crippen molar-refractivity contribution < 1.29 is 9.84 Å². The maximum absolute atomic E-state index is 8.86. The molecule has 2 rings (SSSR count). The van der Waals surface area contributed by atoms with Crippen molar-refractivity contribution >= 4 is 39.1 Å². The van der Waals surface area contributed by atoms with Crippen LogP contribution in [0.3, 0.4) is 0 Å². The van der Waals surface area contributed by atoms with Gasteiger partial charge in [0.05, 0.1) is 16.7 Å². The van der Waals surface area contributed by atoms with Crippen LogP contribution < -0.4 is 4.74 Å². The zero-order valence-electron chi connectivity index (χ0n) is 8.90. The summed E-state index contributed by atoms with van der Waals surface area (Å²) in [6, 6.07) is 3.32. The Morgan fingerprint density at radius 1 is 1.17 bits per heavy atom. The Morgan fingerprint density at radius 3 is 2.44 bits per heavy atom. The molecule has 0 unspecified atom stereocenters. The van der Waals surface area contributed by atoms with Gasteiger partial charge in [0.2, 0.25) is 0 Å². The molecule has 2 aromatic rings. The van der Waals surface area contributed by atoms with Crippen molar-refractivity contribution in [2.24, 2.45) is 0 Å². The molecule has 7 heteroatoms. The monoisotopic (exact) mass is 348 g/mol. The first-order valence-corrected chi connectivity index (χ1v) is 6.39. The Balaban J connectivity index is 2.25. The maximum Gasteiger partial charge on any atom is 0.321 e. The van der Waals surface area contributed by atoms with E-state index in [0.717, 1.165) is 0 Å². The molecule has 0 aliphatic rings. The van der Waals surface area contributed by atoms with Crippen LogP contribution in [0.15, 0.2) is 29.0 Å². The third kappa shape index (κ3) is 3.11. The number of halogens is 3. The molecule has 0 aliphatic heterocycles. The van der Waals surface area contributed by atoms with Crippen molar-refractivity contribution in [2.75, 3.05) is 0 Å². The van der Waals surface area contributed by atoms with Gasteiger partial charge in [-0.05, 0) is 22.0 Å². The highest BCUT2D eigenvalue weighted by atomic mass is 79.9. The van der Waals surface area contributed by atoms with Gasteiger partial charge in [-0.2, -0.15) is 0 Å². The number of rotatable bonds is 3. The van der Waals surface area contributed by atoms with E-state index in [0.29, 0.717) is 25.8 Å². The molecular formula is C11H7BrCl2N2O2. The van der Waals surface area contributed by atoms with Crippen molar-refractivity contribution in [3.8, 4) is 11.8 Å². The smallest absolute Gasteiger partial charge is 0.321 e. The molecule has 1 aromatic carbocycles. The summed E-state index contributed by atoms with van der Waals surface area (Å²) in [5.41, 5.74) is 0.599. The Morgan fingerprint density at radius 2 is 1.83 bits per heavy atom. The second-order valence-corrected chi connectivity index (χ2v) is 5.00. The SMILES string of the molecule is OCc1cnc(Oc2cc(Cl)c(Br)cc2Cl)nc1. The fraction of sp³-hybridized carbons (Fsp3) is 0.0909. The van der Waals surface area contributed by atoms with E-state index in [1.807, 2.05) is 0 Å². The lowest BCUT2D eigenvalue weighted by Gasteiger charge is -2.07. The average molecular weight is 350 g/mol. The lowest BCUT2D eigenvalue weighted by Crippen LogP contribution is -1.94. The van der Waals surface area contributed by atoms with Gasteiger partial charge in [0.15, 0.2) is 5.75 Å². The molecule has 0 bridgehead atoms. The summed E-state index contributed by atoms with van der Waals surface area (Å²) in [7, 11) is 0. The first kappa shape index (κ1) is 13.5. The molecule has 0 fully saturated rings. The molecule has 4 nitrogen and oxygen atoms in total. The fourth-order valence-corrected chi connectivity index (χ4v) is 1.99. The van der Waals surface area contributed by atoms with Crippen molar-refractivity contribution in [3.63, 3.8) is 0 Å². The van der Waals surface area contributed by atoms with Crippen LogP contribution in [0.1, 0.15) is 5.56 Å². The Bertz CT molecular complexity index is 564. The molecule has 94 valence electrons. The maximum atomic E-state index is 8.86. The van der Waals surface area contributed by atoms with E-state index in [1.165, 1.54) is 12.4 Å². The number of hydrogen-bond donors (Lipinski definition) is 1. The number of benzene rings is 1. The van der Waals surface area contributed by atoms with Crippen LogP contribution in [0, 0.1) is 0 Å². The third-order valence-corrected chi connectivity index (χ3v) is 3.53. The second-order valence-electron chi connectivity index (χ2n) is 3.33. The van der Waals surface area contributed by atoms with E-state index in [1.54, 1.807) is 12.1 Å². The molecule has 0 amide bonds. The molecule has 1 aromatic heterocycles. The van der Waals surface area contributed by atoms with Crippen molar-refractivity contribution in [2.45, 2.75) is 6.61 Å². The zero-order chi connectivity index (χ0) is 13.1. The van der Waals surface area contributed by atoms with Gasteiger partial charge in [-0.15, -0.1) is 0 Å². The zero-order valence-corrected chi connectivity index (χ0v) is 12.0. The highest BCUT2D eigenvalue weighted by Gasteiger charge is 2.09. The quantitative estimate of drug-likeness (QED) is 0.855. The number of hydrogen-bond acceptors (Lipinski definition) is 4. The van der Waals surface area contributed by atoms with Gasteiger partial charge < -0.3 is 9.84 Å². The summed E-state index contributed by atoms with van der Waals surface area (Å²) in [6.07, 6.45) is 2.94. The number of aliphatic hydroxyl groups is 1. The summed E-state index contributed by atoms with van der Waals surface area (Å²) in [5.74, 6) is 0.363. The summed E-state index contributed by atoms with van der Waals surface area (Å²) in [4.78, 5) is 7.86. The molecule has 0 spiro atoms. The first-order valence-electron chi connectivity index (χ1n) is 4.84. The molecule has 1 N–H and O–H groups in total. The van der Waals surface area contributed by atoms with Crippen molar-refractivity contribution in [3.05, 3.63) is 44.6 Å². The molecular weight excluding hydrogens is 343 g/mol. The predicted molar refractivity (Wildman–Crippen MR) is 72.2 cm³/mol. The van der Waals surface area contributed by atoms with Crippen LogP contribution in [-0.2, 0) is 6.61 Å². The number of aromatic nitrogens is 2. The predicted octanol–water partition coefficient (Wildman–Crippen LogP) is 3.83. The average Bonchev–Trinajstić information content (AvgIpc) is 2.37. The Hall–Kier alpha value is -0.880. The molecule has 18 heavy (non-hydrogen) atoms. The van der Waals surface area contributed by atoms with E-state index >= 15 is 0 Å². The van der Waals surface area contributed by atoms with Crippen LogP contribution in [0.25, 0.3) is 0 Å². The van der Waals surface area contributed by atoms with Crippen molar-refractivity contribution in [1.29, 1.82) is 0 Å². The molecule has 0 saturated heterocycles. The summed E-state index contributed by atoms with van der Waals surface area (Å²) in [6.45, 7) is -0.120. The molecule has 0 saturated carbocycles. The largest absolute Gasteiger partial charge is 0.423 e. The van der Waals surface area contributed by atoms with Gasteiger partial charge in [-0.1, -0.05) is 23.2 Å². The van der Waals surface area contributed by atoms with Crippen LogP contribution in [0.2, 0.25) is 10.0 Å². The minimum absolute atomic E-state index is 0.120. The van der Waals surface area contributed by atoms with Gasteiger partial charge in [0.25, 0.3) is 0 Å². The summed E-state index contributed by atoms with van der Waals surface area (Å²) < 4.78 is 6.08.